The molecule has 1 heterocycles. The minimum Gasteiger partial charge on any atom is -0.311 e. The predicted octanol–water partition coefficient (Wildman–Crippen LogP) is 13.6. The third-order valence-electron chi connectivity index (χ3n) is 12.8. The average molecular weight is 659 g/mol. The van der Waals surface area contributed by atoms with Gasteiger partial charge >= 0.3 is 0 Å². The molecule has 5 saturated carbocycles. The standard InChI is InChI=1S/C46H46N2S/c1-2-8-35(9-3-1)36-14-18-38(19-15-36)47(39-20-16-37(17-21-39)46-29-32-26-33(30-46)28-34(27-32)31-46)40-22-24-41(25-23-40)48-42-10-4-6-12-44(42)49-45-13-7-5-11-43(45)48/h4-7,10-25,32-35H,1-3,8-9,26-31H2. The molecule has 3 heteroatoms. The van der Waals surface area contributed by atoms with E-state index in [-0.39, 0.29) is 0 Å². The van der Waals surface area contributed by atoms with E-state index in [0.717, 1.165) is 17.8 Å². The Balaban J connectivity index is 1.01. The van der Waals surface area contributed by atoms with Gasteiger partial charge in [-0.3, -0.25) is 0 Å². The molecule has 6 aliphatic rings. The molecule has 5 fully saturated rings. The van der Waals surface area contributed by atoms with Crippen LogP contribution in [0.5, 0.6) is 0 Å². The highest BCUT2D eigenvalue weighted by Crippen LogP contribution is 2.61. The molecule has 0 atom stereocenters. The van der Waals surface area contributed by atoms with Crippen LogP contribution in [0.1, 0.15) is 87.7 Å². The summed E-state index contributed by atoms with van der Waals surface area (Å²) >= 11 is 1.86. The van der Waals surface area contributed by atoms with E-state index >= 15 is 0 Å². The first-order valence-electron chi connectivity index (χ1n) is 19.0. The molecule has 5 aliphatic carbocycles. The summed E-state index contributed by atoms with van der Waals surface area (Å²) in [7, 11) is 0. The summed E-state index contributed by atoms with van der Waals surface area (Å²) in [6.07, 6.45) is 15.5. The zero-order valence-corrected chi connectivity index (χ0v) is 29.3. The molecule has 0 amide bonds. The maximum atomic E-state index is 2.50. The largest absolute Gasteiger partial charge is 0.311 e. The summed E-state index contributed by atoms with van der Waals surface area (Å²) in [4.78, 5) is 7.49. The van der Waals surface area contributed by atoms with Crippen LogP contribution in [0.25, 0.3) is 0 Å². The fraction of sp³-hybridized carbons (Fsp3) is 0.348. The summed E-state index contributed by atoms with van der Waals surface area (Å²) in [5.41, 5.74) is 10.9. The fourth-order valence-corrected chi connectivity index (χ4v) is 12.0. The normalized spacial score (nSPS) is 25.6. The van der Waals surface area contributed by atoms with Crippen molar-refractivity contribution < 1.29 is 0 Å². The molecular weight excluding hydrogens is 613 g/mol. The molecule has 0 spiro atoms. The van der Waals surface area contributed by atoms with Gasteiger partial charge in [-0.05, 0) is 164 Å². The lowest BCUT2D eigenvalue weighted by atomic mass is 9.48. The predicted molar refractivity (Wildman–Crippen MR) is 206 cm³/mol. The van der Waals surface area contributed by atoms with Gasteiger partial charge in [0.15, 0.2) is 0 Å². The minimum absolute atomic E-state index is 0.417. The van der Waals surface area contributed by atoms with Gasteiger partial charge < -0.3 is 9.80 Å². The third kappa shape index (κ3) is 5.32. The summed E-state index contributed by atoms with van der Waals surface area (Å²) < 4.78 is 0. The molecule has 5 aromatic carbocycles. The van der Waals surface area contributed by atoms with Crippen molar-refractivity contribution in [2.75, 3.05) is 9.80 Å². The van der Waals surface area contributed by atoms with Gasteiger partial charge in [-0.15, -0.1) is 0 Å². The van der Waals surface area contributed by atoms with Gasteiger partial charge in [-0.25, -0.2) is 0 Å². The monoisotopic (exact) mass is 658 g/mol. The van der Waals surface area contributed by atoms with Crippen LogP contribution in [-0.2, 0) is 5.41 Å². The van der Waals surface area contributed by atoms with Gasteiger partial charge in [-0.2, -0.15) is 0 Å². The Hall–Kier alpha value is -3.95. The number of fused-ring (bicyclic) bond motifs is 2. The van der Waals surface area contributed by atoms with Crippen LogP contribution in [0.2, 0.25) is 0 Å². The van der Waals surface area contributed by atoms with E-state index in [1.54, 1.807) is 5.56 Å². The molecule has 0 unspecified atom stereocenters. The Labute approximate surface area is 296 Å². The van der Waals surface area contributed by atoms with Crippen molar-refractivity contribution in [3.8, 4) is 0 Å². The van der Waals surface area contributed by atoms with Crippen LogP contribution in [0.4, 0.5) is 34.1 Å². The van der Waals surface area contributed by atoms with Crippen molar-refractivity contribution in [1.29, 1.82) is 0 Å². The Kier molecular flexibility index (Phi) is 7.41. The highest BCUT2D eigenvalue weighted by molar-refractivity contribution is 7.99. The maximum absolute atomic E-state index is 2.50. The van der Waals surface area contributed by atoms with Gasteiger partial charge in [0.1, 0.15) is 0 Å². The van der Waals surface area contributed by atoms with E-state index in [2.05, 4.69) is 131 Å². The lowest BCUT2D eigenvalue weighted by Crippen LogP contribution is -2.48. The number of anilines is 6. The van der Waals surface area contributed by atoms with Crippen molar-refractivity contribution >= 4 is 45.9 Å². The number of hydrogen-bond donors (Lipinski definition) is 0. The molecule has 0 aromatic heterocycles. The highest BCUT2D eigenvalue weighted by atomic mass is 32.2. The SMILES string of the molecule is c1ccc2c(c1)Sc1ccccc1N2c1ccc(N(c2ccc(C3CCCCC3)cc2)c2ccc(C34CC5CC(CC(C5)C3)C4)cc2)cc1. The minimum atomic E-state index is 0.417. The van der Waals surface area contributed by atoms with Crippen molar-refractivity contribution in [3.05, 3.63) is 132 Å². The average Bonchev–Trinajstić information content (AvgIpc) is 3.15. The summed E-state index contributed by atoms with van der Waals surface area (Å²) in [6.45, 7) is 0. The Bertz CT molecular complexity index is 1870. The first-order valence-corrected chi connectivity index (χ1v) is 19.8. The summed E-state index contributed by atoms with van der Waals surface area (Å²) in [6, 6.07) is 46.3. The van der Waals surface area contributed by atoms with E-state index in [0.29, 0.717) is 11.3 Å². The lowest BCUT2D eigenvalue weighted by Gasteiger charge is -2.57. The van der Waals surface area contributed by atoms with E-state index in [4.69, 9.17) is 0 Å². The fourth-order valence-electron chi connectivity index (χ4n) is 10.9. The Morgan fingerprint density at radius 3 is 1.57 bits per heavy atom. The molecule has 11 rings (SSSR count). The molecule has 0 radical (unpaired) electrons. The lowest BCUT2D eigenvalue weighted by molar-refractivity contribution is -0.00518. The molecule has 5 aromatic rings. The van der Waals surface area contributed by atoms with Crippen molar-refractivity contribution in [2.24, 2.45) is 17.8 Å². The van der Waals surface area contributed by atoms with Gasteiger partial charge in [-0.1, -0.05) is 79.6 Å². The second kappa shape index (κ2) is 12.1. The zero-order chi connectivity index (χ0) is 32.4. The van der Waals surface area contributed by atoms with Crippen LogP contribution in [0.3, 0.4) is 0 Å². The number of para-hydroxylation sites is 2. The van der Waals surface area contributed by atoms with Crippen LogP contribution in [0, 0.1) is 17.8 Å². The van der Waals surface area contributed by atoms with E-state index < -0.39 is 0 Å². The van der Waals surface area contributed by atoms with E-state index in [1.807, 2.05) is 11.8 Å². The van der Waals surface area contributed by atoms with Gasteiger partial charge in [0.2, 0.25) is 0 Å². The molecule has 1 aliphatic heterocycles. The molecule has 0 N–H and O–H groups in total. The number of nitrogens with zero attached hydrogens (tertiary/aromatic N) is 2. The quantitative estimate of drug-likeness (QED) is 0.176. The second-order valence-corrected chi connectivity index (χ2v) is 17.0. The van der Waals surface area contributed by atoms with Crippen LogP contribution in [0.15, 0.2) is 131 Å². The molecule has 2 nitrogen and oxygen atoms in total. The second-order valence-electron chi connectivity index (χ2n) is 15.9. The molecule has 4 bridgehead atoms. The van der Waals surface area contributed by atoms with E-state index in [1.165, 1.54) is 120 Å². The zero-order valence-electron chi connectivity index (χ0n) is 28.4. The maximum Gasteiger partial charge on any atom is 0.0601 e. The van der Waals surface area contributed by atoms with Crippen LogP contribution < -0.4 is 9.80 Å². The Morgan fingerprint density at radius 1 is 0.531 bits per heavy atom. The van der Waals surface area contributed by atoms with Gasteiger partial charge in [0.05, 0.1) is 11.4 Å². The Morgan fingerprint density at radius 2 is 1.02 bits per heavy atom. The van der Waals surface area contributed by atoms with Crippen molar-refractivity contribution in [3.63, 3.8) is 0 Å². The number of benzene rings is 5. The van der Waals surface area contributed by atoms with Gasteiger partial charge in [0.25, 0.3) is 0 Å². The van der Waals surface area contributed by atoms with Crippen LogP contribution in [-0.4, -0.2) is 0 Å². The first-order chi connectivity index (χ1) is 24.2. The molecule has 49 heavy (non-hydrogen) atoms. The van der Waals surface area contributed by atoms with E-state index in [9.17, 15) is 0 Å². The smallest absolute Gasteiger partial charge is 0.0601 e. The number of hydrogen-bond acceptors (Lipinski definition) is 3. The van der Waals surface area contributed by atoms with Crippen molar-refractivity contribution in [2.45, 2.75) is 91.8 Å². The van der Waals surface area contributed by atoms with Crippen molar-refractivity contribution in [1.82, 2.24) is 0 Å². The summed E-state index contributed by atoms with van der Waals surface area (Å²) in [5, 5.41) is 0. The first kappa shape index (κ1) is 29.9. The molecule has 0 saturated heterocycles. The van der Waals surface area contributed by atoms with Crippen LogP contribution >= 0.6 is 11.8 Å². The summed E-state index contributed by atoms with van der Waals surface area (Å²) in [5.74, 6) is 3.59. The van der Waals surface area contributed by atoms with Gasteiger partial charge in [0, 0.05) is 32.5 Å². The molecular formula is C46H46N2S. The molecule has 246 valence electrons. The highest BCUT2D eigenvalue weighted by Gasteiger charge is 2.51. The topological polar surface area (TPSA) is 6.48 Å². The third-order valence-corrected chi connectivity index (χ3v) is 13.9. The number of rotatable bonds is 6.